The summed E-state index contributed by atoms with van der Waals surface area (Å²) < 4.78 is 14.4. The third-order valence-corrected chi connectivity index (χ3v) is 4.88. The number of thiophene rings is 1. The fourth-order valence-electron chi connectivity index (χ4n) is 2.44. The SMILES string of the molecule is CCCNC(CCC(C)(C)C)c1cc2ccc(F)cc2s1. The molecule has 116 valence electrons. The third kappa shape index (κ3) is 4.79. The van der Waals surface area contributed by atoms with Crippen molar-refractivity contribution in [2.45, 2.75) is 53.0 Å². The lowest BCUT2D eigenvalue weighted by molar-refractivity contribution is 0.333. The van der Waals surface area contributed by atoms with E-state index >= 15 is 0 Å². The van der Waals surface area contributed by atoms with Gasteiger partial charge in [-0.2, -0.15) is 0 Å². The first-order valence-corrected chi connectivity index (χ1v) is 8.63. The molecule has 0 saturated heterocycles. The van der Waals surface area contributed by atoms with Crippen LogP contribution in [0, 0.1) is 11.2 Å². The maximum Gasteiger partial charge on any atom is 0.124 e. The molecule has 1 aromatic carbocycles. The van der Waals surface area contributed by atoms with Crippen molar-refractivity contribution < 1.29 is 4.39 Å². The molecule has 0 amide bonds. The van der Waals surface area contributed by atoms with Crippen LogP contribution in [0.2, 0.25) is 0 Å². The lowest BCUT2D eigenvalue weighted by Crippen LogP contribution is -2.22. The highest BCUT2D eigenvalue weighted by molar-refractivity contribution is 7.19. The second-order valence-corrected chi connectivity index (χ2v) is 8.05. The average molecular weight is 307 g/mol. The minimum atomic E-state index is -0.149. The van der Waals surface area contributed by atoms with E-state index in [1.807, 2.05) is 6.07 Å². The molecule has 0 aliphatic rings. The molecule has 1 nitrogen and oxygen atoms in total. The van der Waals surface area contributed by atoms with Crippen LogP contribution >= 0.6 is 11.3 Å². The first-order valence-electron chi connectivity index (χ1n) is 7.81. The van der Waals surface area contributed by atoms with Gasteiger partial charge in [0, 0.05) is 15.6 Å². The van der Waals surface area contributed by atoms with Gasteiger partial charge in [0.25, 0.3) is 0 Å². The van der Waals surface area contributed by atoms with Gasteiger partial charge in [-0.05, 0) is 54.8 Å². The Morgan fingerprint density at radius 3 is 2.67 bits per heavy atom. The summed E-state index contributed by atoms with van der Waals surface area (Å²) in [6, 6.07) is 7.66. The van der Waals surface area contributed by atoms with Crippen LogP contribution in [0.25, 0.3) is 10.1 Å². The smallest absolute Gasteiger partial charge is 0.124 e. The third-order valence-electron chi connectivity index (χ3n) is 3.67. The summed E-state index contributed by atoms with van der Waals surface area (Å²) in [5, 5.41) is 4.80. The van der Waals surface area contributed by atoms with Crippen molar-refractivity contribution in [3.8, 4) is 0 Å². The van der Waals surface area contributed by atoms with Crippen LogP contribution in [0.5, 0.6) is 0 Å². The van der Waals surface area contributed by atoms with Gasteiger partial charge in [-0.3, -0.25) is 0 Å². The molecule has 0 spiro atoms. The largest absolute Gasteiger partial charge is 0.309 e. The van der Waals surface area contributed by atoms with Crippen molar-refractivity contribution in [3.63, 3.8) is 0 Å². The second kappa shape index (κ2) is 6.89. The number of halogens is 1. The molecule has 2 aromatic rings. The topological polar surface area (TPSA) is 12.0 Å². The van der Waals surface area contributed by atoms with Gasteiger partial charge >= 0.3 is 0 Å². The lowest BCUT2D eigenvalue weighted by Gasteiger charge is -2.23. The van der Waals surface area contributed by atoms with Crippen molar-refractivity contribution in [2.75, 3.05) is 6.54 Å². The van der Waals surface area contributed by atoms with Crippen LogP contribution in [0.15, 0.2) is 24.3 Å². The summed E-state index contributed by atoms with van der Waals surface area (Å²) in [6.07, 6.45) is 3.43. The Labute approximate surface area is 131 Å². The maximum absolute atomic E-state index is 13.3. The maximum atomic E-state index is 13.3. The summed E-state index contributed by atoms with van der Waals surface area (Å²) in [7, 11) is 0. The molecule has 0 fully saturated rings. The molecule has 1 N–H and O–H groups in total. The zero-order chi connectivity index (χ0) is 15.5. The van der Waals surface area contributed by atoms with Gasteiger partial charge < -0.3 is 5.32 Å². The summed E-state index contributed by atoms with van der Waals surface area (Å²) in [5.41, 5.74) is 0.342. The van der Waals surface area contributed by atoms with Gasteiger partial charge in [0.05, 0.1) is 0 Å². The molecular formula is C18H26FNS. The molecule has 1 heterocycles. The van der Waals surface area contributed by atoms with E-state index in [1.165, 1.54) is 11.3 Å². The summed E-state index contributed by atoms with van der Waals surface area (Å²) in [5.74, 6) is -0.149. The van der Waals surface area contributed by atoms with Crippen LogP contribution in [0.3, 0.4) is 0 Å². The van der Waals surface area contributed by atoms with E-state index in [9.17, 15) is 4.39 Å². The number of nitrogens with one attached hydrogen (secondary N) is 1. The minimum absolute atomic E-state index is 0.149. The molecule has 21 heavy (non-hydrogen) atoms. The van der Waals surface area contributed by atoms with E-state index < -0.39 is 0 Å². The summed E-state index contributed by atoms with van der Waals surface area (Å²) >= 11 is 1.72. The van der Waals surface area contributed by atoms with Crippen LogP contribution < -0.4 is 5.32 Å². The normalized spacial score (nSPS) is 13.8. The van der Waals surface area contributed by atoms with Crippen molar-refractivity contribution >= 4 is 21.4 Å². The van der Waals surface area contributed by atoms with Crippen LogP contribution in [-0.4, -0.2) is 6.54 Å². The standard InChI is InChI=1S/C18H26FNS/c1-5-10-20-15(8-9-18(2,3)4)17-11-13-6-7-14(19)12-16(13)21-17/h6-7,11-12,15,20H,5,8-10H2,1-4H3. The van der Waals surface area contributed by atoms with Crippen molar-refractivity contribution in [3.05, 3.63) is 35.0 Å². The highest BCUT2D eigenvalue weighted by Gasteiger charge is 2.18. The predicted octanol–water partition coefficient (Wildman–Crippen LogP) is 5.91. The Morgan fingerprint density at radius 1 is 1.24 bits per heavy atom. The second-order valence-electron chi connectivity index (χ2n) is 6.94. The van der Waals surface area contributed by atoms with Crippen molar-refractivity contribution in [2.24, 2.45) is 5.41 Å². The Morgan fingerprint density at radius 2 is 2.00 bits per heavy atom. The molecule has 2 rings (SSSR count). The molecule has 0 radical (unpaired) electrons. The zero-order valence-electron chi connectivity index (χ0n) is 13.5. The van der Waals surface area contributed by atoms with E-state index in [-0.39, 0.29) is 5.82 Å². The monoisotopic (exact) mass is 307 g/mol. The molecule has 0 aliphatic carbocycles. The summed E-state index contributed by atoms with van der Waals surface area (Å²) in [6.45, 7) is 10.1. The Bertz CT molecular complexity index is 582. The molecule has 0 bridgehead atoms. The number of hydrogen-bond donors (Lipinski definition) is 1. The Kier molecular flexibility index (Phi) is 5.39. The van der Waals surface area contributed by atoms with Gasteiger partial charge in [0.2, 0.25) is 0 Å². The average Bonchev–Trinajstić information content (AvgIpc) is 2.80. The van der Waals surface area contributed by atoms with Crippen LogP contribution in [-0.2, 0) is 0 Å². The zero-order valence-corrected chi connectivity index (χ0v) is 14.3. The van der Waals surface area contributed by atoms with Gasteiger partial charge in [-0.1, -0.05) is 33.8 Å². The van der Waals surface area contributed by atoms with Gasteiger partial charge in [0.15, 0.2) is 0 Å². The highest BCUT2D eigenvalue weighted by atomic mass is 32.1. The summed E-state index contributed by atoms with van der Waals surface area (Å²) in [4.78, 5) is 1.33. The van der Waals surface area contributed by atoms with E-state index in [0.29, 0.717) is 11.5 Å². The van der Waals surface area contributed by atoms with Crippen LogP contribution in [0.4, 0.5) is 4.39 Å². The van der Waals surface area contributed by atoms with Gasteiger partial charge in [0.1, 0.15) is 5.82 Å². The molecule has 0 aliphatic heterocycles. The quantitative estimate of drug-likeness (QED) is 0.699. The minimum Gasteiger partial charge on any atom is -0.309 e. The molecule has 1 unspecified atom stereocenters. The molecule has 1 aromatic heterocycles. The van der Waals surface area contributed by atoms with E-state index in [4.69, 9.17) is 0 Å². The number of fused-ring (bicyclic) bond motifs is 1. The fourth-order valence-corrected chi connectivity index (χ4v) is 3.64. The Balaban J connectivity index is 2.20. The first kappa shape index (κ1) is 16.4. The number of rotatable bonds is 6. The van der Waals surface area contributed by atoms with E-state index in [1.54, 1.807) is 23.5 Å². The fraction of sp³-hybridized carbons (Fsp3) is 0.556. The van der Waals surface area contributed by atoms with E-state index in [0.717, 1.165) is 29.5 Å². The highest BCUT2D eigenvalue weighted by Crippen LogP contribution is 2.34. The molecular weight excluding hydrogens is 281 g/mol. The van der Waals surface area contributed by atoms with Crippen molar-refractivity contribution in [1.82, 2.24) is 5.32 Å². The number of hydrogen-bond acceptors (Lipinski definition) is 2. The number of benzene rings is 1. The Hall–Kier alpha value is -0.930. The molecule has 0 saturated carbocycles. The lowest BCUT2D eigenvalue weighted by atomic mass is 9.88. The van der Waals surface area contributed by atoms with Gasteiger partial charge in [-0.25, -0.2) is 4.39 Å². The first-order chi connectivity index (χ1) is 9.89. The predicted molar refractivity (Wildman–Crippen MR) is 91.5 cm³/mol. The molecule has 1 atom stereocenters. The molecule has 3 heteroatoms. The van der Waals surface area contributed by atoms with Crippen molar-refractivity contribution in [1.29, 1.82) is 0 Å². The van der Waals surface area contributed by atoms with E-state index in [2.05, 4.69) is 39.1 Å². The van der Waals surface area contributed by atoms with Gasteiger partial charge in [-0.15, -0.1) is 11.3 Å². The van der Waals surface area contributed by atoms with Crippen LogP contribution in [0.1, 0.15) is 57.9 Å².